The van der Waals surface area contributed by atoms with Crippen molar-refractivity contribution in [1.82, 2.24) is 4.90 Å². The largest absolute Gasteiger partial charge is 0.493 e. The second-order valence-corrected chi connectivity index (χ2v) is 7.38. The van der Waals surface area contributed by atoms with Crippen LogP contribution in [0, 0.1) is 0 Å². The number of methoxy groups -OCH3 is 1. The lowest BCUT2D eigenvalue weighted by molar-refractivity contribution is -0.119. The van der Waals surface area contributed by atoms with Crippen molar-refractivity contribution in [2.24, 2.45) is 5.73 Å². The number of nitrogens with zero attached hydrogens (tertiary/aromatic N) is 1. The minimum Gasteiger partial charge on any atom is -0.493 e. The van der Waals surface area contributed by atoms with Gasteiger partial charge in [-0.1, -0.05) is 11.6 Å². The molecule has 0 aliphatic carbocycles. The van der Waals surface area contributed by atoms with Crippen molar-refractivity contribution in [3.05, 3.63) is 44.6 Å². The Bertz CT molecular complexity index is 852. The molecule has 1 atom stereocenters. The van der Waals surface area contributed by atoms with E-state index in [0.717, 1.165) is 6.42 Å². The number of primary amides is 1. The maximum Gasteiger partial charge on any atom is 0.255 e. The van der Waals surface area contributed by atoms with Crippen molar-refractivity contribution in [1.29, 1.82) is 0 Å². The summed E-state index contributed by atoms with van der Waals surface area (Å²) < 4.78 is 10.6. The molecule has 2 N–H and O–H groups in total. The molecule has 0 fully saturated rings. The molecular formula is C18H19ClN2O4S. The third kappa shape index (κ3) is 3.50. The van der Waals surface area contributed by atoms with Crippen LogP contribution in [0.15, 0.2) is 23.6 Å². The van der Waals surface area contributed by atoms with Gasteiger partial charge in [-0.2, -0.15) is 0 Å². The van der Waals surface area contributed by atoms with Crippen LogP contribution in [-0.2, 0) is 11.2 Å². The molecule has 3 rings (SSSR count). The SMILES string of the molecule is COc1cc(C(=O)N2CCc3sccc3[C@@H]2C)cc(Cl)c1OCC(N)=O. The predicted octanol–water partition coefficient (Wildman–Crippen LogP) is 3.03. The summed E-state index contributed by atoms with van der Waals surface area (Å²) in [6, 6.07) is 5.16. The van der Waals surface area contributed by atoms with E-state index in [0.29, 0.717) is 12.1 Å². The standard InChI is InChI=1S/C18H19ClN2O4S/c1-10-12-4-6-26-15(12)3-5-21(10)18(23)11-7-13(19)17(14(8-11)24-2)25-9-16(20)22/h4,6-8,10H,3,5,9H2,1-2H3,(H2,20,22)/t10-/m0/s1. The molecule has 2 heterocycles. The molecule has 0 saturated heterocycles. The van der Waals surface area contributed by atoms with Crippen molar-refractivity contribution < 1.29 is 19.1 Å². The molecule has 0 spiro atoms. The first-order chi connectivity index (χ1) is 12.4. The summed E-state index contributed by atoms with van der Waals surface area (Å²) in [7, 11) is 1.44. The topological polar surface area (TPSA) is 81.9 Å². The molecule has 0 radical (unpaired) electrons. The maximum atomic E-state index is 13.0. The van der Waals surface area contributed by atoms with Crippen molar-refractivity contribution in [2.45, 2.75) is 19.4 Å². The van der Waals surface area contributed by atoms with Gasteiger partial charge in [-0.3, -0.25) is 9.59 Å². The highest BCUT2D eigenvalue weighted by molar-refractivity contribution is 7.10. The maximum absolute atomic E-state index is 13.0. The number of nitrogens with two attached hydrogens (primary N) is 1. The number of fused-ring (bicyclic) bond motifs is 1. The molecular weight excluding hydrogens is 376 g/mol. The lowest BCUT2D eigenvalue weighted by Gasteiger charge is -2.34. The molecule has 0 unspecified atom stereocenters. The molecule has 1 aliphatic heterocycles. The molecule has 138 valence electrons. The van der Waals surface area contributed by atoms with Crippen molar-refractivity contribution in [2.75, 3.05) is 20.3 Å². The molecule has 1 aromatic carbocycles. The first-order valence-electron chi connectivity index (χ1n) is 8.08. The van der Waals surface area contributed by atoms with Crippen LogP contribution in [0.5, 0.6) is 11.5 Å². The van der Waals surface area contributed by atoms with Crippen LogP contribution in [0.3, 0.4) is 0 Å². The van der Waals surface area contributed by atoms with Crippen LogP contribution < -0.4 is 15.2 Å². The minimum absolute atomic E-state index is 0.00643. The van der Waals surface area contributed by atoms with Crippen molar-refractivity contribution in [3.63, 3.8) is 0 Å². The molecule has 2 aromatic rings. The average Bonchev–Trinajstić information content (AvgIpc) is 3.09. The van der Waals surface area contributed by atoms with E-state index in [1.807, 2.05) is 11.8 Å². The first-order valence-corrected chi connectivity index (χ1v) is 9.34. The quantitative estimate of drug-likeness (QED) is 0.845. The van der Waals surface area contributed by atoms with Crippen molar-refractivity contribution in [3.8, 4) is 11.5 Å². The number of hydrogen-bond acceptors (Lipinski definition) is 5. The predicted molar refractivity (Wildman–Crippen MR) is 100 cm³/mol. The fourth-order valence-electron chi connectivity index (χ4n) is 3.08. The highest BCUT2D eigenvalue weighted by Gasteiger charge is 2.30. The summed E-state index contributed by atoms with van der Waals surface area (Å²) in [5.41, 5.74) is 6.69. The van der Waals surface area contributed by atoms with Crippen LogP contribution in [0.2, 0.25) is 5.02 Å². The number of benzene rings is 1. The summed E-state index contributed by atoms with van der Waals surface area (Å²) in [6.45, 7) is 2.34. The van der Waals surface area contributed by atoms with E-state index in [9.17, 15) is 9.59 Å². The lowest BCUT2D eigenvalue weighted by atomic mass is 10.00. The normalized spacial score (nSPS) is 16.1. The third-order valence-electron chi connectivity index (χ3n) is 4.37. The Kier molecular flexibility index (Phi) is 5.38. The number of halogens is 1. The average molecular weight is 395 g/mol. The highest BCUT2D eigenvalue weighted by Crippen LogP contribution is 2.38. The van der Waals surface area contributed by atoms with Crippen LogP contribution >= 0.6 is 22.9 Å². The Morgan fingerprint density at radius 1 is 1.42 bits per heavy atom. The van der Waals surface area contributed by atoms with Gasteiger partial charge in [0.15, 0.2) is 18.1 Å². The van der Waals surface area contributed by atoms with E-state index < -0.39 is 5.91 Å². The summed E-state index contributed by atoms with van der Waals surface area (Å²) >= 11 is 7.98. The molecule has 26 heavy (non-hydrogen) atoms. The number of carbonyl (C=O) groups excluding carboxylic acids is 2. The van der Waals surface area contributed by atoms with Gasteiger partial charge in [-0.25, -0.2) is 0 Å². The van der Waals surface area contributed by atoms with E-state index in [1.54, 1.807) is 17.4 Å². The smallest absolute Gasteiger partial charge is 0.255 e. The molecule has 6 nitrogen and oxygen atoms in total. The van der Waals surface area contributed by atoms with Crippen molar-refractivity contribution >= 4 is 34.8 Å². The molecule has 2 amide bonds. The number of ether oxygens (including phenoxy) is 2. The zero-order valence-corrected chi connectivity index (χ0v) is 16.0. The van der Waals surface area contributed by atoms with E-state index in [1.165, 1.54) is 23.6 Å². The van der Waals surface area contributed by atoms with Gasteiger partial charge >= 0.3 is 0 Å². The number of rotatable bonds is 5. The number of amides is 2. The van der Waals surface area contributed by atoms with Gasteiger partial charge < -0.3 is 20.1 Å². The number of hydrogen-bond donors (Lipinski definition) is 1. The Morgan fingerprint density at radius 2 is 2.19 bits per heavy atom. The Balaban J connectivity index is 1.88. The second kappa shape index (κ2) is 7.55. The van der Waals surface area contributed by atoms with E-state index >= 15 is 0 Å². The van der Waals surface area contributed by atoms with Gasteiger partial charge in [-0.05, 0) is 42.5 Å². The third-order valence-corrected chi connectivity index (χ3v) is 5.65. The van der Waals surface area contributed by atoms with E-state index in [2.05, 4.69) is 11.4 Å². The van der Waals surface area contributed by atoms with Gasteiger partial charge in [-0.15, -0.1) is 11.3 Å². The molecule has 1 aromatic heterocycles. The van der Waals surface area contributed by atoms with Gasteiger partial charge in [0.25, 0.3) is 11.8 Å². The zero-order chi connectivity index (χ0) is 18.8. The summed E-state index contributed by atoms with van der Waals surface area (Å²) in [6.07, 6.45) is 0.841. The van der Waals surface area contributed by atoms with Crippen LogP contribution in [0.4, 0.5) is 0 Å². The Morgan fingerprint density at radius 3 is 2.88 bits per heavy atom. The van der Waals surface area contributed by atoms with Crippen LogP contribution in [-0.4, -0.2) is 37.0 Å². The molecule has 1 aliphatic rings. The second-order valence-electron chi connectivity index (χ2n) is 5.97. The van der Waals surface area contributed by atoms with Crippen LogP contribution in [0.25, 0.3) is 0 Å². The Hall–Kier alpha value is -2.25. The van der Waals surface area contributed by atoms with Gasteiger partial charge in [0, 0.05) is 17.0 Å². The lowest BCUT2D eigenvalue weighted by Crippen LogP contribution is -2.38. The van der Waals surface area contributed by atoms with E-state index in [4.69, 9.17) is 26.8 Å². The molecule has 0 saturated carbocycles. The fraction of sp³-hybridized carbons (Fsp3) is 0.333. The van der Waals surface area contributed by atoms with Gasteiger partial charge in [0.2, 0.25) is 0 Å². The fourth-order valence-corrected chi connectivity index (χ4v) is 4.31. The number of thiophene rings is 1. The summed E-state index contributed by atoms with van der Waals surface area (Å²) in [4.78, 5) is 27.1. The first kappa shape index (κ1) is 18.5. The monoisotopic (exact) mass is 394 g/mol. The highest BCUT2D eigenvalue weighted by atomic mass is 35.5. The van der Waals surface area contributed by atoms with Crippen LogP contribution in [0.1, 0.15) is 33.8 Å². The van der Waals surface area contributed by atoms with E-state index in [-0.39, 0.29) is 35.1 Å². The summed E-state index contributed by atoms with van der Waals surface area (Å²) in [5, 5.41) is 2.25. The minimum atomic E-state index is -0.628. The molecule has 8 heteroatoms. The zero-order valence-electron chi connectivity index (χ0n) is 14.5. The van der Waals surface area contributed by atoms with Gasteiger partial charge in [0.1, 0.15) is 0 Å². The van der Waals surface area contributed by atoms with Gasteiger partial charge in [0.05, 0.1) is 18.2 Å². The Labute approximate surface area is 160 Å². The number of carbonyl (C=O) groups is 2. The molecule has 0 bridgehead atoms. The summed E-state index contributed by atoms with van der Waals surface area (Å²) in [5.74, 6) is -0.285.